The number of hydrogen-bond acceptors (Lipinski definition) is 7. The Bertz CT molecular complexity index is 1060. The van der Waals surface area contributed by atoms with Crippen LogP contribution >= 0.6 is 11.3 Å². The maximum Gasteiger partial charge on any atom is 0.341 e. The number of fused-ring (bicyclic) bond motifs is 1. The van der Waals surface area contributed by atoms with Crippen LogP contribution in [0.15, 0.2) is 24.3 Å². The van der Waals surface area contributed by atoms with Crippen LogP contribution in [0.5, 0.6) is 11.5 Å². The van der Waals surface area contributed by atoms with Crippen molar-refractivity contribution in [2.75, 3.05) is 32.7 Å². The minimum atomic E-state index is -0.472. The SMILES string of the molecule is CCOC(=O)c1c(NC(=O)/C=C/c2ccc(OC)c(OC)c2)sc2c1CCN(C(C)=O)C2. The first kappa shape index (κ1) is 23.3. The van der Waals surface area contributed by atoms with Gasteiger partial charge >= 0.3 is 5.97 Å². The van der Waals surface area contributed by atoms with Crippen LogP contribution in [0, 0.1) is 0 Å². The lowest BCUT2D eigenvalue weighted by molar-refractivity contribution is -0.129. The minimum absolute atomic E-state index is 0.0230. The molecule has 1 N–H and O–H groups in total. The standard InChI is InChI=1S/C23H26N2O6S/c1-5-31-23(28)21-16-10-11-25(14(2)26)13-19(16)32-22(21)24-20(27)9-7-15-6-8-17(29-3)18(12-15)30-4/h6-9,12H,5,10-11,13H2,1-4H3,(H,24,27)/b9-7+. The van der Waals surface area contributed by atoms with Crippen LogP contribution in [-0.2, 0) is 27.3 Å². The van der Waals surface area contributed by atoms with Crippen molar-refractivity contribution >= 4 is 40.2 Å². The van der Waals surface area contributed by atoms with E-state index in [-0.39, 0.29) is 18.4 Å². The minimum Gasteiger partial charge on any atom is -0.493 e. The fourth-order valence-corrected chi connectivity index (χ4v) is 4.72. The Morgan fingerprint density at radius 1 is 1.19 bits per heavy atom. The fraction of sp³-hybridized carbons (Fsp3) is 0.348. The quantitative estimate of drug-likeness (QED) is 0.504. The van der Waals surface area contributed by atoms with E-state index < -0.39 is 5.97 Å². The molecule has 1 aliphatic heterocycles. The highest BCUT2D eigenvalue weighted by Crippen LogP contribution is 2.38. The Labute approximate surface area is 190 Å². The van der Waals surface area contributed by atoms with E-state index in [0.717, 1.165) is 16.0 Å². The predicted octanol–water partition coefficient (Wildman–Crippen LogP) is 3.50. The molecular weight excluding hydrogens is 432 g/mol. The van der Waals surface area contributed by atoms with E-state index >= 15 is 0 Å². The summed E-state index contributed by atoms with van der Waals surface area (Å²) in [6, 6.07) is 5.31. The zero-order chi connectivity index (χ0) is 23.3. The predicted molar refractivity (Wildman–Crippen MR) is 122 cm³/mol. The van der Waals surface area contributed by atoms with Gasteiger partial charge in [-0.1, -0.05) is 6.07 Å². The molecule has 1 aliphatic rings. The summed E-state index contributed by atoms with van der Waals surface area (Å²) in [4.78, 5) is 39.6. The lowest BCUT2D eigenvalue weighted by Gasteiger charge is -2.25. The molecule has 1 aromatic heterocycles. The Morgan fingerprint density at radius 3 is 2.59 bits per heavy atom. The molecule has 0 saturated carbocycles. The molecule has 0 aliphatic carbocycles. The number of methoxy groups -OCH3 is 2. The Kier molecular flexibility index (Phi) is 7.53. The van der Waals surface area contributed by atoms with Crippen molar-refractivity contribution in [1.29, 1.82) is 0 Å². The third kappa shape index (κ3) is 5.11. The summed E-state index contributed by atoms with van der Waals surface area (Å²) < 4.78 is 15.7. The number of carbonyl (C=O) groups is 3. The van der Waals surface area contributed by atoms with Crippen molar-refractivity contribution in [1.82, 2.24) is 4.90 Å². The number of anilines is 1. The van der Waals surface area contributed by atoms with Crippen LogP contribution in [0.25, 0.3) is 6.08 Å². The third-order valence-corrected chi connectivity index (χ3v) is 6.19. The van der Waals surface area contributed by atoms with Gasteiger partial charge in [0, 0.05) is 24.4 Å². The molecule has 32 heavy (non-hydrogen) atoms. The maximum atomic E-state index is 12.6. The van der Waals surface area contributed by atoms with Gasteiger partial charge in [0.25, 0.3) is 0 Å². The van der Waals surface area contributed by atoms with E-state index in [2.05, 4.69) is 5.32 Å². The molecule has 0 spiro atoms. The first-order chi connectivity index (χ1) is 15.4. The molecule has 9 heteroatoms. The molecule has 0 radical (unpaired) electrons. The van der Waals surface area contributed by atoms with Gasteiger partial charge in [0.1, 0.15) is 5.00 Å². The number of esters is 1. The molecule has 8 nitrogen and oxygen atoms in total. The van der Waals surface area contributed by atoms with E-state index in [1.54, 1.807) is 50.3 Å². The molecule has 170 valence electrons. The number of nitrogens with zero attached hydrogens (tertiary/aromatic N) is 1. The molecule has 0 atom stereocenters. The Balaban J connectivity index is 1.83. The Morgan fingerprint density at radius 2 is 1.94 bits per heavy atom. The number of amides is 2. The highest BCUT2D eigenvalue weighted by molar-refractivity contribution is 7.17. The van der Waals surface area contributed by atoms with Gasteiger partial charge in [-0.05, 0) is 42.7 Å². The monoisotopic (exact) mass is 458 g/mol. The van der Waals surface area contributed by atoms with E-state index in [0.29, 0.717) is 41.6 Å². The van der Waals surface area contributed by atoms with E-state index in [1.165, 1.54) is 24.3 Å². The smallest absolute Gasteiger partial charge is 0.341 e. The second kappa shape index (κ2) is 10.3. The number of thiophene rings is 1. The van der Waals surface area contributed by atoms with Gasteiger partial charge in [-0.15, -0.1) is 11.3 Å². The van der Waals surface area contributed by atoms with E-state index in [4.69, 9.17) is 14.2 Å². The summed E-state index contributed by atoms with van der Waals surface area (Å²) >= 11 is 1.30. The van der Waals surface area contributed by atoms with Crippen LogP contribution in [0.4, 0.5) is 5.00 Å². The van der Waals surface area contributed by atoms with Crippen LogP contribution in [0.1, 0.15) is 40.2 Å². The molecule has 0 unspecified atom stereocenters. The lowest BCUT2D eigenvalue weighted by atomic mass is 10.0. The number of rotatable bonds is 7. The van der Waals surface area contributed by atoms with Gasteiger partial charge in [-0.2, -0.15) is 0 Å². The zero-order valence-electron chi connectivity index (χ0n) is 18.5. The third-order valence-electron chi connectivity index (χ3n) is 5.05. The lowest BCUT2D eigenvalue weighted by Crippen LogP contribution is -2.34. The summed E-state index contributed by atoms with van der Waals surface area (Å²) in [5.74, 6) is 0.274. The highest BCUT2D eigenvalue weighted by Gasteiger charge is 2.30. The molecule has 2 aromatic rings. The molecule has 2 heterocycles. The summed E-state index contributed by atoms with van der Waals surface area (Å²) in [5.41, 5.74) is 1.97. The number of benzene rings is 1. The first-order valence-electron chi connectivity index (χ1n) is 10.2. The summed E-state index contributed by atoms with van der Waals surface area (Å²) in [6.07, 6.45) is 3.57. The molecule has 1 aromatic carbocycles. The molecule has 3 rings (SSSR count). The topological polar surface area (TPSA) is 94.2 Å². The summed E-state index contributed by atoms with van der Waals surface area (Å²) in [7, 11) is 3.10. The molecular formula is C23H26N2O6S. The normalized spacial score (nSPS) is 12.9. The van der Waals surface area contributed by atoms with Crippen molar-refractivity contribution in [2.24, 2.45) is 0 Å². The van der Waals surface area contributed by atoms with Gasteiger partial charge in [-0.25, -0.2) is 4.79 Å². The first-order valence-corrected chi connectivity index (χ1v) is 11.0. The van der Waals surface area contributed by atoms with Gasteiger partial charge in [0.15, 0.2) is 11.5 Å². The second-order valence-electron chi connectivity index (χ2n) is 7.06. The fourth-order valence-electron chi connectivity index (χ4n) is 3.46. The number of carbonyl (C=O) groups excluding carboxylic acids is 3. The number of hydrogen-bond donors (Lipinski definition) is 1. The highest BCUT2D eigenvalue weighted by atomic mass is 32.1. The molecule has 0 bridgehead atoms. The van der Waals surface area contributed by atoms with Crippen molar-refractivity contribution in [3.63, 3.8) is 0 Å². The van der Waals surface area contributed by atoms with Crippen molar-refractivity contribution in [3.05, 3.63) is 45.8 Å². The molecule has 0 saturated heterocycles. The van der Waals surface area contributed by atoms with Crippen LogP contribution in [-0.4, -0.2) is 50.1 Å². The Hall–Kier alpha value is -3.33. The van der Waals surface area contributed by atoms with Crippen LogP contribution < -0.4 is 14.8 Å². The van der Waals surface area contributed by atoms with Crippen LogP contribution in [0.2, 0.25) is 0 Å². The van der Waals surface area contributed by atoms with E-state index in [1.807, 2.05) is 0 Å². The van der Waals surface area contributed by atoms with Gasteiger partial charge in [0.05, 0.1) is 32.9 Å². The van der Waals surface area contributed by atoms with Gasteiger partial charge < -0.3 is 24.4 Å². The molecule has 0 fully saturated rings. The van der Waals surface area contributed by atoms with Gasteiger partial charge in [-0.3, -0.25) is 9.59 Å². The number of nitrogens with one attached hydrogen (secondary N) is 1. The number of ether oxygens (including phenoxy) is 3. The summed E-state index contributed by atoms with van der Waals surface area (Å²) in [5, 5.41) is 3.24. The van der Waals surface area contributed by atoms with Crippen molar-refractivity contribution in [3.8, 4) is 11.5 Å². The average Bonchev–Trinajstić information content (AvgIpc) is 3.14. The maximum absolute atomic E-state index is 12.6. The molecule has 2 amide bonds. The van der Waals surface area contributed by atoms with Gasteiger partial charge in [0.2, 0.25) is 11.8 Å². The summed E-state index contributed by atoms with van der Waals surface area (Å²) in [6.45, 7) is 4.43. The second-order valence-corrected chi connectivity index (χ2v) is 8.16. The largest absolute Gasteiger partial charge is 0.493 e. The van der Waals surface area contributed by atoms with Crippen molar-refractivity contribution < 1.29 is 28.6 Å². The van der Waals surface area contributed by atoms with E-state index in [9.17, 15) is 14.4 Å². The average molecular weight is 459 g/mol. The van der Waals surface area contributed by atoms with Crippen LogP contribution in [0.3, 0.4) is 0 Å². The van der Waals surface area contributed by atoms with Crippen molar-refractivity contribution in [2.45, 2.75) is 26.8 Å². The zero-order valence-corrected chi connectivity index (χ0v) is 19.3.